The summed E-state index contributed by atoms with van der Waals surface area (Å²) in [5.74, 6) is -0.330. The first-order valence-corrected chi connectivity index (χ1v) is 10.6. The fraction of sp³-hybridized carbons (Fsp3) is 0.250. The Hall–Kier alpha value is -3.61. The van der Waals surface area contributed by atoms with Crippen molar-refractivity contribution in [2.75, 3.05) is 0 Å². The highest BCUT2D eigenvalue weighted by Crippen LogP contribution is 2.28. The molecule has 5 rings (SSSR count). The second-order valence-electron chi connectivity index (χ2n) is 7.70. The second kappa shape index (κ2) is 7.91. The number of benzene rings is 2. The number of hydrogen-bond donors (Lipinski definition) is 0. The van der Waals surface area contributed by atoms with Crippen LogP contribution in [0.3, 0.4) is 0 Å². The number of hydrogen-bond acceptors (Lipinski definition) is 4. The first-order valence-electron chi connectivity index (χ1n) is 10.6. The smallest absolute Gasteiger partial charge is 0.265 e. The molecule has 0 amide bonds. The lowest BCUT2D eigenvalue weighted by molar-refractivity contribution is 0.567. The molecule has 5 aromatic rings. The molecule has 7 heteroatoms. The molecular weight excluding hydrogens is 393 g/mol. The Bertz CT molecular complexity index is 1450. The molecule has 3 heterocycles. The molecule has 0 aliphatic carbocycles. The van der Waals surface area contributed by atoms with Crippen LogP contribution in [0.25, 0.3) is 38.9 Å². The van der Waals surface area contributed by atoms with Crippen molar-refractivity contribution in [3.8, 4) is 5.69 Å². The Morgan fingerprint density at radius 2 is 1.65 bits per heavy atom. The molecule has 156 valence electrons. The highest BCUT2D eigenvalue weighted by molar-refractivity contribution is 6.05. The van der Waals surface area contributed by atoms with Gasteiger partial charge in [-0.2, -0.15) is 0 Å². The first-order chi connectivity index (χ1) is 15.2. The highest BCUT2D eigenvalue weighted by atomic mass is 19.1. The molecule has 0 fully saturated rings. The minimum Gasteiger partial charge on any atom is -0.299 e. The number of para-hydroxylation sites is 2. The molecule has 3 aromatic heterocycles. The molecule has 0 spiro atoms. The third-order valence-corrected chi connectivity index (χ3v) is 5.57. The summed E-state index contributed by atoms with van der Waals surface area (Å²) in [6, 6.07) is 13.6. The number of fused-ring (bicyclic) bond motifs is 4. The zero-order chi connectivity index (χ0) is 21.4. The van der Waals surface area contributed by atoms with E-state index in [1.54, 1.807) is 27.6 Å². The predicted molar refractivity (Wildman–Crippen MR) is 120 cm³/mol. The molecule has 0 saturated carbocycles. The van der Waals surface area contributed by atoms with Gasteiger partial charge in [0.15, 0.2) is 11.3 Å². The largest absolute Gasteiger partial charge is 0.299 e. The monoisotopic (exact) mass is 415 g/mol. The van der Waals surface area contributed by atoms with Crippen molar-refractivity contribution in [2.45, 2.75) is 39.2 Å². The van der Waals surface area contributed by atoms with Crippen LogP contribution >= 0.6 is 0 Å². The summed E-state index contributed by atoms with van der Waals surface area (Å²) in [7, 11) is 0. The Morgan fingerprint density at radius 1 is 0.903 bits per heavy atom. The number of rotatable bonds is 6. The van der Waals surface area contributed by atoms with Crippen molar-refractivity contribution in [3.05, 3.63) is 71.0 Å². The molecule has 31 heavy (non-hydrogen) atoms. The molecule has 0 atom stereocenters. The molecule has 0 saturated heterocycles. The lowest BCUT2D eigenvalue weighted by Gasteiger charge is -2.07. The summed E-state index contributed by atoms with van der Waals surface area (Å²) in [6.45, 7) is 2.78. The van der Waals surface area contributed by atoms with E-state index in [1.807, 2.05) is 24.3 Å². The van der Waals surface area contributed by atoms with Crippen molar-refractivity contribution in [3.63, 3.8) is 0 Å². The van der Waals surface area contributed by atoms with Crippen LogP contribution in [0.2, 0.25) is 0 Å². The van der Waals surface area contributed by atoms with Gasteiger partial charge in [0, 0.05) is 12.2 Å². The molecule has 0 aliphatic rings. The van der Waals surface area contributed by atoms with Gasteiger partial charge in [-0.3, -0.25) is 13.9 Å². The van der Waals surface area contributed by atoms with E-state index >= 15 is 0 Å². The average Bonchev–Trinajstić information content (AvgIpc) is 3.11. The summed E-state index contributed by atoms with van der Waals surface area (Å²) < 4.78 is 17.0. The van der Waals surface area contributed by atoms with E-state index in [2.05, 4.69) is 11.9 Å². The van der Waals surface area contributed by atoms with Gasteiger partial charge in [0.2, 0.25) is 0 Å². The number of aromatic nitrogens is 5. The maximum absolute atomic E-state index is 13.5. The maximum Gasteiger partial charge on any atom is 0.265 e. The fourth-order valence-electron chi connectivity index (χ4n) is 3.97. The van der Waals surface area contributed by atoms with E-state index in [0.717, 1.165) is 31.2 Å². The van der Waals surface area contributed by atoms with Gasteiger partial charge in [-0.15, -0.1) is 0 Å². The SMILES string of the molecule is CCCCCCn1cnc2c(c1=O)c1nc3ccccc3nc1n2-c1ccc(F)cc1. The number of unbranched alkanes of at least 4 members (excludes halogenated alkanes) is 3. The van der Waals surface area contributed by atoms with Gasteiger partial charge < -0.3 is 0 Å². The lowest BCUT2D eigenvalue weighted by atomic mass is 10.2. The summed E-state index contributed by atoms with van der Waals surface area (Å²) >= 11 is 0. The zero-order valence-electron chi connectivity index (χ0n) is 17.3. The van der Waals surface area contributed by atoms with Crippen LogP contribution in [0, 0.1) is 5.82 Å². The van der Waals surface area contributed by atoms with E-state index in [0.29, 0.717) is 39.9 Å². The van der Waals surface area contributed by atoms with Crippen LogP contribution in [0.1, 0.15) is 32.6 Å². The van der Waals surface area contributed by atoms with Gasteiger partial charge >= 0.3 is 0 Å². The van der Waals surface area contributed by atoms with Crippen LogP contribution < -0.4 is 5.56 Å². The van der Waals surface area contributed by atoms with Crippen molar-refractivity contribution < 1.29 is 4.39 Å². The third kappa shape index (κ3) is 3.36. The summed E-state index contributed by atoms with van der Waals surface area (Å²) in [5.41, 5.74) is 3.52. The van der Waals surface area contributed by atoms with E-state index < -0.39 is 0 Å². The Morgan fingerprint density at radius 3 is 2.39 bits per heavy atom. The average molecular weight is 415 g/mol. The van der Waals surface area contributed by atoms with Gasteiger partial charge in [-0.05, 0) is 42.8 Å². The van der Waals surface area contributed by atoms with Gasteiger partial charge in [0.25, 0.3) is 5.56 Å². The standard InChI is InChI=1S/C24H22FN5O/c1-2-3-4-7-14-29-15-26-22-20(24(29)31)21-23(28-19-9-6-5-8-18(19)27-21)30(22)17-12-10-16(25)11-13-17/h5-6,8-13,15H,2-4,7,14H2,1H3. The van der Waals surface area contributed by atoms with Gasteiger partial charge in [-0.25, -0.2) is 19.3 Å². The summed E-state index contributed by atoms with van der Waals surface area (Å²) in [5, 5.41) is 0.440. The van der Waals surface area contributed by atoms with E-state index in [9.17, 15) is 9.18 Å². The van der Waals surface area contributed by atoms with Gasteiger partial charge in [0.05, 0.1) is 17.4 Å². The van der Waals surface area contributed by atoms with Crippen molar-refractivity contribution in [1.29, 1.82) is 0 Å². The predicted octanol–water partition coefficient (Wildman–Crippen LogP) is 5.00. The van der Waals surface area contributed by atoms with E-state index in [-0.39, 0.29) is 11.4 Å². The molecule has 0 bridgehead atoms. The topological polar surface area (TPSA) is 65.6 Å². The lowest BCUT2D eigenvalue weighted by Crippen LogP contribution is -2.20. The van der Waals surface area contributed by atoms with Crippen molar-refractivity contribution in [2.24, 2.45) is 0 Å². The molecule has 0 radical (unpaired) electrons. The van der Waals surface area contributed by atoms with Crippen LogP contribution in [-0.4, -0.2) is 24.1 Å². The van der Waals surface area contributed by atoms with Crippen LogP contribution in [0.15, 0.2) is 59.7 Å². The van der Waals surface area contributed by atoms with E-state index in [1.165, 1.54) is 12.1 Å². The zero-order valence-corrected chi connectivity index (χ0v) is 17.3. The first kappa shape index (κ1) is 19.4. The minimum absolute atomic E-state index is 0.128. The Balaban J connectivity index is 1.79. The number of aryl methyl sites for hydroxylation is 1. The molecular formula is C24H22FN5O. The summed E-state index contributed by atoms with van der Waals surface area (Å²) in [6.07, 6.45) is 5.87. The maximum atomic E-state index is 13.5. The molecule has 0 unspecified atom stereocenters. The Kier molecular flexibility index (Phi) is 4.94. The van der Waals surface area contributed by atoms with E-state index in [4.69, 9.17) is 9.97 Å². The van der Waals surface area contributed by atoms with Crippen LogP contribution in [0.5, 0.6) is 0 Å². The van der Waals surface area contributed by atoms with Crippen LogP contribution in [-0.2, 0) is 6.54 Å². The fourth-order valence-corrected chi connectivity index (χ4v) is 3.97. The van der Waals surface area contributed by atoms with Gasteiger partial charge in [0.1, 0.15) is 16.7 Å². The second-order valence-corrected chi connectivity index (χ2v) is 7.70. The highest BCUT2D eigenvalue weighted by Gasteiger charge is 2.20. The molecule has 2 aromatic carbocycles. The quantitative estimate of drug-likeness (QED) is 0.366. The third-order valence-electron chi connectivity index (χ3n) is 5.57. The van der Waals surface area contributed by atoms with Crippen molar-refractivity contribution in [1.82, 2.24) is 24.1 Å². The molecule has 6 nitrogen and oxygen atoms in total. The Labute approximate surface area is 178 Å². The number of halogens is 1. The molecule has 0 aliphatic heterocycles. The minimum atomic E-state index is -0.330. The van der Waals surface area contributed by atoms with Crippen LogP contribution in [0.4, 0.5) is 4.39 Å². The number of nitrogens with zero attached hydrogens (tertiary/aromatic N) is 5. The molecule has 0 N–H and O–H groups in total. The van der Waals surface area contributed by atoms with Crippen molar-refractivity contribution >= 4 is 33.2 Å². The normalized spacial score (nSPS) is 11.7. The van der Waals surface area contributed by atoms with Gasteiger partial charge in [-0.1, -0.05) is 38.3 Å². The summed E-state index contributed by atoms with van der Waals surface area (Å²) in [4.78, 5) is 27.6.